The fraction of sp³-hybridized carbons (Fsp3) is 0.500. The van der Waals surface area contributed by atoms with Crippen molar-refractivity contribution in [1.82, 2.24) is 20.2 Å². The van der Waals surface area contributed by atoms with Crippen LogP contribution >= 0.6 is 0 Å². The number of anilines is 1. The number of aromatic nitrogens is 4. The Balaban J connectivity index is 1.86. The summed E-state index contributed by atoms with van der Waals surface area (Å²) in [7, 11) is 0. The Bertz CT molecular complexity index is 593. The Morgan fingerprint density at radius 2 is 2.30 bits per heavy atom. The highest BCUT2D eigenvalue weighted by Gasteiger charge is 2.27. The number of piperidine rings is 1. The van der Waals surface area contributed by atoms with E-state index >= 15 is 0 Å². The summed E-state index contributed by atoms with van der Waals surface area (Å²) in [5.41, 5.74) is 8.10. The molecule has 2 atom stereocenters. The van der Waals surface area contributed by atoms with Crippen molar-refractivity contribution in [3.8, 4) is 11.4 Å². The molecule has 0 bridgehead atoms. The monoisotopic (exact) mass is 272 g/mol. The van der Waals surface area contributed by atoms with Crippen LogP contribution in [0.2, 0.25) is 0 Å². The summed E-state index contributed by atoms with van der Waals surface area (Å²) >= 11 is 0. The number of nitrogens with one attached hydrogen (secondary N) is 1. The predicted octanol–water partition coefficient (Wildman–Crippen LogP) is 1.49. The largest absolute Gasteiger partial charge is 0.335 e. The van der Waals surface area contributed by atoms with Crippen molar-refractivity contribution >= 4 is 5.95 Å². The number of aromatic amines is 1. The first-order chi connectivity index (χ1) is 9.65. The number of pyridine rings is 1. The van der Waals surface area contributed by atoms with Crippen molar-refractivity contribution in [2.24, 2.45) is 5.73 Å². The number of hydrogen-bond donors (Lipinski definition) is 2. The number of H-pyrrole nitrogens is 1. The maximum Gasteiger partial charge on any atom is 0.245 e. The van der Waals surface area contributed by atoms with Crippen LogP contribution in [0, 0.1) is 6.92 Å². The van der Waals surface area contributed by atoms with Gasteiger partial charge in [-0.2, -0.15) is 4.98 Å². The van der Waals surface area contributed by atoms with Crippen molar-refractivity contribution in [2.45, 2.75) is 38.8 Å². The molecule has 1 aliphatic heterocycles. The van der Waals surface area contributed by atoms with Crippen LogP contribution in [0.1, 0.15) is 25.5 Å². The fourth-order valence-corrected chi connectivity index (χ4v) is 2.66. The van der Waals surface area contributed by atoms with E-state index in [1.807, 2.05) is 19.1 Å². The molecule has 0 saturated carbocycles. The van der Waals surface area contributed by atoms with Crippen molar-refractivity contribution in [2.75, 3.05) is 11.4 Å². The van der Waals surface area contributed by atoms with E-state index in [1.54, 1.807) is 6.20 Å². The molecular formula is C14H20N6. The first-order valence-electron chi connectivity index (χ1n) is 7.03. The molecule has 106 valence electrons. The van der Waals surface area contributed by atoms with Gasteiger partial charge in [-0.15, -0.1) is 5.10 Å². The Labute approximate surface area is 118 Å². The highest BCUT2D eigenvalue weighted by atomic mass is 15.4. The van der Waals surface area contributed by atoms with Gasteiger partial charge in [-0.25, -0.2) is 0 Å². The van der Waals surface area contributed by atoms with Gasteiger partial charge in [0.15, 0.2) is 5.82 Å². The normalized spacial score (nSPS) is 23.1. The molecule has 0 radical (unpaired) electrons. The first-order valence-corrected chi connectivity index (χ1v) is 7.03. The van der Waals surface area contributed by atoms with Crippen LogP contribution in [0.15, 0.2) is 18.3 Å². The van der Waals surface area contributed by atoms with Gasteiger partial charge in [0.1, 0.15) is 0 Å². The van der Waals surface area contributed by atoms with Gasteiger partial charge >= 0.3 is 0 Å². The Morgan fingerprint density at radius 3 is 3.10 bits per heavy atom. The molecule has 6 nitrogen and oxygen atoms in total. The Kier molecular flexibility index (Phi) is 3.40. The van der Waals surface area contributed by atoms with E-state index in [2.05, 4.69) is 32.0 Å². The van der Waals surface area contributed by atoms with E-state index in [0.29, 0.717) is 0 Å². The van der Waals surface area contributed by atoms with Gasteiger partial charge in [0.05, 0.1) is 0 Å². The lowest BCUT2D eigenvalue weighted by Crippen LogP contribution is -2.50. The standard InChI is InChI=1S/C14H20N6/c1-9-8-11(5-6-16-9)13-17-14(19-18-13)20-7-3-4-12(15)10(20)2/h5-6,8,10,12H,3-4,7,15H2,1-2H3,(H,17,18,19). The van der Waals surface area contributed by atoms with Crippen molar-refractivity contribution in [1.29, 1.82) is 0 Å². The second-order valence-corrected chi connectivity index (χ2v) is 5.41. The van der Waals surface area contributed by atoms with Crippen LogP contribution in [0.25, 0.3) is 11.4 Å². The molecule has 0 amide bonds. The van der Waals surface area contributed by atoms with Crippen LogP contribution in [0.5, 0.6) is 0 Å². The smallest absolute Gasteiger partial charge is 0.245 e. The van der Waals surface area contributed by atoms with Gasteiger partial charge < -0.3 is 10.6 Å². The quantitative estimate of drug-likeness (QED) is 0.865. The average Bonchev–Trinajstić information content (AvgIpc) is 2.91. The van der Waals surface area contributed by atoms with E-state index < -0.39 is 0 Å². The maximum atomic E-state index is 6.13. The fourth-order valence-electron chi connectivity index (χ4n) is 2.66. The van der Waals surface area contributed by atoms with Gasteiger partial charge in [-0.1, -0.05) is 0 Å². The third kappa shape index (κ3) is 2.38. The van der Waals surface area contributed by atoms with E-state index in [-0.39, 0.29) is 12.1 Å². The molecule has 2 aromatic heterocycles. The van der Waals surface area contributed by atoms with Gasteiger partial charge in [0, 0.05) is 36.1 Å². The Morgan fingerprint density at radius 1 is 1.45 bits per heavy atom. The van der Waals surface area contributed by atoms with Gasteiger partial charge in [-0.05, 0) is 38.8 Å². The first kappa shape index (κ1) is 13.1. The summed E-state index contributed by atoms with van der Waals surface area (Å²) in [5.74, 6) is 1.51. The van der Waals surface area contributed by atoms with Crippen molar-refractivity contribution in [3.05, 3.63) is 24.0 Å². The molecule has 6 heteroatoms. The van der Waals surface area contributed by atoms with Crippen molar-refractivity contribution < 1.29 is 0 Å². The molecule has 20 heavy (non-hydrogen) atoms. The zero-order valence-corrected chi connectivity index (χ0v) is 11.9. The summed E-state index contributed by atoms with van der Waals surface area (Å²) in [6, 6.07) is 4.39. The van der Waals surface area contributed by atoms with E-state index in [4.69, 9.17) is 5.73 Å². The highest BCUT2D eigenvalue weighted by Crippen LogP contribution is 2.23. The lowest BCUT2D eigenvalue weighted by molar-refractivity contribution is 0.416. The molecular weight excluding hydrogens is 252 g/mol. The molecule has 3 heterocycles. The second kappa shape index (κ2) is 5.20. The van der Waals surface area contributed by atoms with Crippen LogP contribution in [0.3, 0.4) is 0 Å². The van der Waals surface area contributed by atoms with Gasteiger partial charge in [0.2, 0.25) is 5.95 Å². The van der Waals surface area contributed by atoms with Crippen LogP contribution < -0.4 is 10.6 Å². The molecule has 0 aromatic carbocycles. The van der Waals surface area contributed by atoms with E-state index in [1.165, 1.54) is 0 Å². The number of nitrogens with two attached hydrogens (primary N) is 1. The zero-order valence-electron chi connectivity index (χ0n) is 11.9. The van der Waals surface area contributed by atoms with E-state index in [9.17, 15) is 0 Å². The van der Waals surface area contributed by atoms with Gasteiger partial charge in [-0.3, -0.25) is 10.1 Å². The summed E-state index contributed by atoms with van der Waals surface area (Å²) in [4.78, 5) is 11.0. The van der Waals surface area contributed by atoms with Crippen LogP contribution in [-0.4, -0.2) is 38.8 Å². The van der Waals surface area contributed by atoms with Crippen LogP contribution in [0.4, 0.5) is 5.95 Å². The molecule has 2 unspecified atom stereocenters. The maximum absolute atomic E-state index is 6.13. The molecule has 0 spiro atoms. The average molecular weight is 272 g/mol. The highest BCUT2D eigenvalue weighted by molar-refractivity contribution is 5.56. The SMILES string of the molecule is Cc1cc(-c2nc(N3CCCC(N)C3C)n[nH]2)ccn1. The summed E-state index contributed by atoms with van der Waals surface area (Å²) in [5, 5.41) is 7.36. The summed E-state index contributed by atoms with van der Waals surface area (Å²) < 4.78 is 0. The molecule has 3 N–H and O–H groups in total. The molecule has 2 aromatic rings. The number of rotatable bonds is 2. The summed E-state index contributed by atoms with van der Waals surface area (Å²) in [6.07, 6.45) is 3.94. The third-order valence-electron chi connectivity index (χ3n) is 3.95. The second-order valence-electron chi connectivity index (χ2n) is 5.41. The minimum atomic E-state index is 0.189. The molecule has 1 saturated heterocycles. The van der Waals surface area contributed by atoms with Crippen molar-refractivity contribution in [3.63, 3.8) is 0 Å². The summed E-state index contributed by atoms with van der Waals surface area (Å²) in [6.45, 7) is 5.06. The molecule has 1 aliphatic rings. The minimum Gasteiger partial charge on any atom is -0.335 e. The van der Waals surface area contributed by atoms with Gasteiger partial charge in [0.25, 0.3) is 0 Å². The number of aryl methyl sites for hydroxylation is 1. The predicted molar refractivity (Wildman–Crippen MR) is 78.4 cm³/mol. The van der Waals surface area contributed by atoms with E-state index in [0.717, 1.165) is 42.4 Å². The Hall–Kier alpha value is -1.95. The lowest BCUT2D eigenvalue weighted by Gasteiger charge is -2.36. The zero-order chi connectivity index (χ0) is 14.1. The molecule has 1 fully saturated rings. The minimum absolute atomic E-state index is 0.189. The molecule has 0 aliphatic carbocycles. The lowest BCUT2D eigenvalue weighted by atomic mass is 9.99. The topological polar surface area (TPSA) is 83.7 Å². The third-order valence-corrected chi connectivity index (χ3v) is 3.95. The number of hydrogen-bond acceptors (Lipinski definition) is 5. The number of nitrogens with zero attached hydrogens (tertiary/aromatic N) is 4. The van der Waals surface area contributed by atoms with Crippen LogP contribution in [-0.2, 0) is 0 Å². The molecule has 3 rings (SSSR count).